The van der Waals surface area contributed by atoms with Crippen molar-refractivity contribution in [2.75, 3.05) is 19.6 Å². The predicted octanol–water partition coefficient (Wildman–Crippen LogP) is 3.02. The molecule has 1 unspecified atom stereocenters. The molecule has 1 aliphatic rings. The SMILES string of the molecule is NCC1CCCN(Cc2ccc(F)cc2C(F)(F)F)C1. The van der Waals surface area contributed by atoms with E-state index in [0.29, 0.717) is 25.1 Å². The molecule has 1 fully saturated rings. The normalized spacial score (nSPS) is 21.1. The minimum Gasteiger partial charge on any atom is -0.330 e. The predicted molar refractivity (Wildman–Crippen MR) is 68.5 cm³/mol. The van der Waals surface area contributed by atoms with Crippen molar-refractivity contribution < 1.29 is 17.6 Å². The molecule has 112 valence electrons. The smallest absolute Gasteiger partial charge is 0.330 e. The Kier molecular flexibility index (Phi) is 4.65. The van der Waals surface area contributed by atoms with Gasteiger partial charge in [-0.25, -0.2) is 4.39 Å². The van der Waals surface area contributed by atoms with Gasteiger partial charge in [0.2, 0.25) is 0 Å². The van der Waals surface area contributed by atoms with E-state index in [1.807, 2.05) is 4.90 Å². The lowest BCUT2D eigenvalue weighted by atomic mass is 9.97. The molecule has 1 atom stereocenters. The summed E-state index contributed by atoms with van der Waals surface area (Å²) in [4.78, 5) is 1.96. The standard InChI is InChI=1S/C14H18F4N2/c15-12-4-3-11(13(6-12)14(16,17)18)9-20-5-1-2-10(7-19)8-20/h3-4,6,10H,1-2,5,7-9,19H2. The first-order valence-electron chi connectivity index (χ1n) is 6.68. The third kappa shape index (κ3) is 3.70. The van der Waals surface area contributed by atoms with Gasteiger partial charge < -0.3 is 5.73 Å². The second-order valence-corrected chi connectivity index (χ2v) is 5.28. The van der Waals surface area contributed by atoms with Gasteiger partial charge in [-0.05, 0) is 49.5 Å². The van der Waals surface area contributed by atoms with Gasteiger partial charge in [0.25, 0.3) is 0 Å². The zero-order chi connectivity index (χ0) is 14.8. The van der Waals surface area contributed by atoms with Crippen LogP contribution in [0.25, 0.3) is 0 Å². The van der Waals surface area contributed by atoms with Crippen molar-refractivity contribution in [1.82, 2.24) is 4.90 Å². The van der Waals surface area contributed by atoms with Gasteiger partial charge in [-0.3, -0.25) is 4.90 Å². The Morgan fingerprint density at radius 1 is 1.30 bits per heavy atom. The topological polar surface area (TPSA) is 29.3 Å². The van der Waals surface area contributed by atoms with Crippen molar-refractivity contribution in [1.29, 1.82) is 0 Å². The van der Waals surface area contributed by atoms with Gasteiger partial charge in [-0.15, -0.1) is 0 Å². The van der Waals surface area contributed by atoms with Crippen molar-refractivity contribution >= 4 is 0 Å². The molecule has 2 rings (SSSR count). The van der Waals surface area contributed by atoms with E-state index in [1.165, 1.54) is 6.07 Å². The molecule has 0 radical (unpaired) electrons. The average Bonchev–Trinajstić information content (AvgIpc) is 2.40. The summed E-state index contributed by atoms with van der Waals surface area (Å²) in [6, 6.07) is 2.87. The van der Waals surface area contributed by atoms with Crippen LogP contribution in [-0.2, 0) is 12.7 Å². The number of alkyl halides is 3. The molecule has 0 aliphatic carbocycles. The molecule has 2 nitrogen and oxygen atoms in total. The van der Waals surface area contributed by atoms with E-state index < -0.39 is 17.6 Å². The number of rotatable bonds is 3. The van der Waals surface area contributed by atoms with Crippen molar-refractivity contribution in [3.8, 4) is 0 Å². The van der Waals surface area contributed by atoms with Crippen LogP contribution < -0.4 is 5.73 Å². The lowest BCUT2D eigenvalue weighted by Gasteiger charge is -2.32. The van der Waals surface area contributed by atoms with Crippen LogP contribution in [0.15, 0.2) is 18.2 Å². The maximum atomic E-state index is 13.0. The lowest BCUT2D eigenvalue weighted by molar-refractivity contribution is -0.138. The van der Waals surface area contributed by atoms with Gasteiger partial charge in [0, 0.05) is 13.1 Å². The average molecular weight is 290 g/mol. The van der Waals surface area contributed by atoms with E-state index in [4.69, 9.17) is 5.73 Å². The summed E-state index contributed by atoms with van der Waals surface area (Å²) >= 11 is 0. The Hall–Kier alpha value is -1.14. The Labute approximate surface area is 115 Å². The molecule has 0 saturated carbocycles. The summed E-state index contributed by atoms with van der Waals surface area (Å²) in [6.07, 6.45) is -2.58. The van der Waals surface area contributed by atoms with Crippen LogP contribution in [0.4, 0.5) is 17.6 Å². The monoisotopic (exact) mass is 290 g/mol. The van der Waals surface area contributed by atoms with Gasteiger partial charge in [-0.1, -0.05) is 6.07 Å². The maximum Gasteiger partial charge on any atom is 0.416 e. The fraction of sp³-hybridized carbons (Fsp3) is 0.571. The van der Waals surface area contributed by atoms with Gasteiger partial charge in [0.15, 0.2) is 0 Å². The number of nitrogens with two attached hydrogens (primary N) is 1. The van der Waals surface area contributed by atoms with Crippen molar-refractivity contribution in [2.24, 2.45) is 11.7 Å². The van der Waals surface area contributed by atoms with Gasteiger partial charge >= 0.3 is 6.18 Å². The summed E-state index contributed by atoms with van der Waals surface area (Å²) in [5, 5.41) is 0. The lowest BCUT2D eigenvalue weighted by Crippen LogP contribution is -2.38. The molecule has 1 aromatic carbocycles. The van der Waals surface area contributed by atoms with Gasteiger partial charge in [0.05, 0.1) is 5.56 Å². The summed E-state index contributed by atoms with van der Waals surface area (Å²) in [5.74, 6) is -0.530. The van der Waals surface area contributed by atoms with Crippen LogP contribution in [0, 0.1) is 11.7 Å². The Balaban J connectivity index is 2.16. The van der Waals surface area contributed by atoms with E-state index >= 15 is 0 Å². The highest BCUT2D eigenvalue weighted by atomic mass is 19.4. The second-order valence-electron chi connectivity index (χ2n) is 5.28. The Bertz CT molecular complexity index is 459. The summed E-state index contributed by atoms with van der Waals surface area (Å²) < 4.78 is 51.8. The molecule has 1 aliphatic heterocycles. The maximum absolute atomic E-state index is 13.0. The third-order valence-corrected chi connectivity index (χ3v) is 3.71. The number of piperidine rings is 1. The zero-order valence-electron chi connectivity index (χ0n) is 11.1. The second kappa shape index (κ2) is 6.10. The van der Waals surface area contributed by atoms with Crippen molar-refractivity contribution in [3.63, 3.8) is 0 Å². The molecular formula is C14H18F4N2. The molecule has 20 heavy (non-hydrogen) atoms. The van der Waals surface area contributed by atoms with Crippen LogP contribution in [0.3, 0.4) is 0 Å². The summed E-state index contributed by atoms with van der Waals surface area (Å²) in [6.45, 7) is 2.19. The molecule has 1 saturated heterocycles. The first-order chi connectivity index (χ1) is 9.40. The largest absolute Gasteiger partial charge is 0.416 e. The highest BCUT2D eigenvalue weighted by Crippen LogP contribution is 2.33. The quantitative estimate of drug-likeness (QED) is 0.867. The van der Waals surface area contributed by atoms with Crippen LogP contribution >= 0.6 is 0 Å². The molecule has 6 heteroatoms. The fourth-order valence-electron chi connectivity index (χ4n) is 2.68. The zero-order valence-corrected chi connectivity index (χ0v) is 11.1. The molecule has 1 heterocycles. The molecule has 2 N–H and O–H groups in total. The van der Waals surface area contributed by atoms with Crippen LogP contribution in [0.2, 0.25) is 0 Å². The number of halogens is 4. The minimum atomic E-state index is -4.53. The number of likely N-dealkylation sites (tertiary alicyclic amines) is 1. The van der Waals surface area contributed by atoms with Gasteiger partial charge in [0.1, 0.15) is 5.82 Å². The minimum absolute atomic E-state index is 0.122. The Morgan fingerprint density at radius 2 is 2.05 bits per heavy atom. The van der Waals surface area contributed by atoms with Crippen LogP contribution in [0.1, 0.15) is 24.0 Å². The molecule has 0 spiro atoms. The third-order valence-electron chi connectivity index (χ3n) is 3.71. The number of hydrogen-bond acceptors (Lipinski definition) is 2. The van der Waals surface area contributed by atoms with E-state index in [-0.39, 0.29) is 12.1 Å². The van der Waals surface area contributed by atoms with Gasteiger partial charge in [-0.2, -0.15) is 13.2 Å². The van der Waals surface area contributed by atoms with Crippen LogP contribution in [-0.4, -0.2) is 24.5 Å². The molecule has 0 bridgehead atoms. The first-order valence-corrected chi connectivity index (χ1v) is 6.68. The van der Waals surface area contributed by atoms with E-state index in [1.54, 1.807) is 0 Å². The first kappa shape index (κ1) is 15.3. The fourth-order valence-corrected chi connectivity index (χ4v) is 2.68. The van der Waals surface area contributed by atoms with E-state index in [9.17, 15) is 17.6 Å². The number of nitrogens with zero attached hydrogens (tertiary/aromatic N) is 1. The number of benzene rings is 1. The highest BCUT2D eigenvalue weighted by Gasteiger charge is 2.34. The van der Waals surface area contributed by atoms with Crippen molar-refractivity contribution in [2.45, 2.75) is 25.6 Å². The Morgan fingerprint density at radius 3 is 2.70 bits per heavy atom. The van der Waals surface area contributed by atoms with Crippen molar-refractivity contribution in [3.05, 3.63) is 35.1 Å². The van der Waals surface area contributed by atoms with E-state index in [0.717, 1.165) is 25.5 Å². The summed E-state index contributed by atoms with van der Waals surface area (Å²) in [7, 11) is 0. The highest BCUT2D eigenvalue weighted by molar-refractivity contribution is 5.30. The number of hydrogen-bond donors (Lipinski definition) is 1. The molecule has 1 aromatic rings. The molecule has 0 aromatic heterocycles. The van der Waals surface area contributed by atoms with E-state index in [2.05, 4.69) is 0 Å². The summed E-state index contributed by atoms with van der Waals surface area (Å²) in [5.41, 5.74) is 4.86. The molecular weight excluding hydrogens is 272 g/mol. The molecule has 0 amide bonds. The van der Waals surface area contributed by atoms with Crippen LogP contribution in [0.5, 0.6) is 0 Å².